The smallest absolute Gasteiger partial charge is 0.231 e. The minimum Gasteiger partial charge on any atom is -0.382 e. The quantitative estimate of drug-likeness (QED) is 0.817. The van der Waals surface area contributed by atoms with Gasteiger partial charge in [0.1, 0.15) is 0 Å². The predicted octanol–water partition coefficient (Wildman–Crippen LogP) is 3.68. The molecular formula is C24H29N3O2. The van der Waals surface area contributed by atoms with Crippen molar-refractivity contribution >= 4 is 23.2 Å². The first-order valence-electron chi connectivity index (χ1n) is 10.6. The van der Waals surface area contributed by atoms with E-state index < -0.39 is 0 Å². The SMILES string of the molecule is CC(=O)NC1CCC(Nc2ccc(CC(=O)N3CCc4ccccc43)cc2)CC1. The summed E-state index contributed by atoms with van der Waals surface area (Å²) in [4.78, 5) is 25.9. The van der Waals surface area contributed by atoms with Crippen LogP contribution in [-0.2, 0) is 22.4 Å². The fourth-order valence-electron chi connectivity index (χ4n) is 4.49. The molecule has 0 bridgehead atoms. The van der Waals surface area contributed by atoms with Crippen molar-refractivity contribution in [3.8, 4) is 0 Å². The van der Waals surface area contributed by atoms with Crippen LogP contribution in [0, 0.1) is 0 Å². The highest BCUT2D eigenvalue weighted by Gasteiger charge is 2.24. The predicted molar refractivity (Wildman–Crippen MR) is 116 cm³/mol. The molecule has 2 aromatic rings. The number of hydrogen-bond acceptors (Lipinski definition) is 3. The van der Waals surface area contributed by atoms with Crippen LogP contribution in [0.4, 0.5) is 11.4 Å². The van der Waals surface area contributed by atoms with Crippen LogP contribution in [0.5, 0.6) is 0 Å². The van der Waals surface area contributed by atoms with E-state index in [9.17, 15) is 9.59 Å². The first-order chi connectivity index (χ1) is 14.1. The molecule has 0 unspecified atom stereocenters. The molecule has 0 spiro atoms. The second-order valence-corrected chi connectivity index (χ2v) is 8.19. The number of para-hydroxylation sites is 1. The van der Waals surface area contributed by atoms with Crippen molar-refractivity contribution in [3.63, 3.8) is 0 Å². The van der Waals surface area contributed by atoms with E-state index in [2.05, 4.69) is 28.8 Å². The number of nitrogens with one attached hydrogen (secondary N) is 2. The number of benzene rings is 2. The van der Waals surface area contributed by atoms with Gasteiger partial charge in [-0.15, -0.1) is 0 Å². The van der Waals surface area contributed by atoms with Gasteiger partial charge in [-0.25, -0.2) is 0 Å². The zero-order valence-corrected chi connectivity index (χ0v) is 17.0. The lowest BCUT2D eigenvalue weighted by Gasteiger charge is -2.30. The molecule has 0 atom stereocenters. The maximum absolute atomic E-state index is 12.8. The number of nitrogens with zero attached hydrogens (tertiary/aromatic N) is 1. The van der Waals surface area contributed by atoms with Crippen molar-refractivity contribution in [2.75, 3.05) is 16.8 Å². The van der Waals surface area contributed by atoms with E-state index in [-0.39, 0.29) is 11.8 Å². The Kier molecular flexibility index (Phi) is 5.84. The molecule has 29 heavy (non-hydrogen) atoms. The largest absolute Gasteiger partial charge is 0.382 e. The van der Waals surface area contributed by atoms with Crippen LogP contribution in [0.3, 0.4) is 0 Å². The minimum absolute atomic E-state index is 0.0592. The average molecular weight is 392 g/mol. The standard InChI is InChI=1S/C24H29N3O2/c1-17(28)25-20-10-12-22(13-11-20)26-21-8-6-18(7-9-21)16-24(29)27-15-14-19-4-2-3-5-23(19)27/h2-9,20,22,26H,10-16H2,1H3,(H,25,28). The molecule has 1 heterocycles. The summed E-state index contributed by atoms with van der Waals surface area (Å²) in [5.41, 5.74) is 4.45. The number of hydrogen-bond donors (Lipinski definition) is 2. The lowest BCUT2D eigenvalue weighted by atomic mass is 9.91. The highest BCUT2D eigenvalue weighted by Crippen LogP contribution is 2.28. The van der Waals surface area contributed by atoms with Crippen molar-refractivity contribution in [2.45, 2.75) is 57.5 Å². The summed E-state index contributed by atoms with van der Waals surface area (Å²) in [6, 6.07) is 17.2. The Labute approximate surface area is 172 Å². The average Bonchev–Trinajstić information content (AvgIpc) is 3.15. The summed E-state index contributed by atoms with van der Waals surface area (Å²) >= 11 is 0. The summed E-state index contributed by atoms with van der Waals surface area (Å²) in [5, 5.41) is 6.61. The molecule has 0 aromatic heterocycles. The van der Waals surface area contributed by atoms with E-state index in [1.807, 2.05) is 35.2 Å². The molecule has 2 N–H and O–H groups in total. The number of carbonyl (C=O) groups excluding carboxylic acids is 2. The molecule has 5 heteroatoms. The van der Waals surface area contributed by atoms with Crippen molar-refractivity contribution in [2.24, 2.45) is 0 Å². The van der Waals surface area contributed by atoms with Gasteiger partial charge in [0.05, 0.1) is 6.42 Å². The van der Waals surface area contributed by atoms with Gasteiger partial charge in [-0.3, -0.25) is 9.59 Å². The van der Waals surface area contributed by atoms with Crippen molar-refractivity contribution in [1.29, 1.82) is 0 Å². The van der Waals surface area contributed by atoms with E-state index in [1.54, 1.807) is 6.92 Å². The molecule has 1 aliphatic carbocycles. The van der Waals surface area contributed by atoms with Crippen LogP contribution < -0.4 is 15.5 Å². The van der Waals surface area contributed by atoms with Gasteiger partial charge in [-0.2, -0.15) is 0 Å². The number of anilines is 2. The Bertz CT molecular complexity index is 870. The molecular weight excluding hydrogens is 362 g/mol. The molecule has 0 saturated heterocycles. The van der Waals surface area contributed by atoms with Crippen LogP contribution in [0.15, 0.2) is 48.5 Å². The number of rotatable bonds is 5. The highest BCUT2D eigenvalue weighted by atomic mass is 16.2. The fraction of sp³-hybridized carbons (Fsp3) is 0.417. The molecule has 5 nitrogen and oxygen atoms in total. The van der Waals surface area contributed by atoms with Crippen molar-refractivity contribution in [1.82, 2.24) is 5.32 Å². The zero-order chi connectivity index (χ0) is 20.2. The third kappa shape index (κ3) is 4.78. The highest BCUT2D eigenvalue weighted by molar-refractivity contribution is 5.96. The second-order valence-electron chi connectivity index (χ2n) is 8.19. The van der Waals surface area contributed by atoms with Gasteiger partial charge >= 0.3 is 0 Å². The molecule has 1 saturated carbocycles. The molecule has 152 valence electrons. The summed E-state index contributed by atoms with van der Waals surface area (Å²) < 4.78 is 0. The number of amides is 2. The fourth-order valence-corrected chi connectivity index (χ4v) is 4.49. The van der Waals surface area contributed by atoms with Gasteiger partial charge in [0, 0.05) is 36.9 Å². The summed E-state index contributed by atoms with van der Waals surface area (Å²) in [6.45, 7) is 2.36. The Morgan fingerprint density at radius 2 is 1.66 bits per heavy atom. The number of carbonyl (C=O) groups is 2. The lowest BCUT2D eigenvalue weighted by molar-refractivity contribution is -0.120. The summed E-state index contributed by atoms with van der Waals surface area (Å²) in [7, 11) is 0. The molecule has 2 aromatic carbocycles. The second kappa shape index (κ2) is 8.68. The van der Waals surface area contributed by atoms with Crippen LogP contribution in [0.1, 0.15) is 43.7 Å². The van der Waals surface area contributed by atoms with Crippen LogP contribution >= 0.6 is 0 Å². The lowest BCUT2D eigenvalue weighted by Crippen LogP contribution is -2.39. The maximum atomic E-state index is 12.8. The van der Waals surface area contributed by atoms with Gasteiger partial charge in [0.2, 0.25) is 11.8 Å². The first-order valence-corrected chi connectivity index (χ1v) is 10.6. The van der Waals surface area contributed by atoms with Gasteiger partial charge in [-0.05, 0) is 61.4 Å². The monoisotopic (exact) mass is 391 g/mol. The van der Waals surface area contributed by atoms with E-state index >= 15 is 0 Å². The van der Waals surface area contributed by atoms with Gasteiger partial charge < -0.3 is 15.5 Å². The normalized spacial score (nSPS) is 20.8. The minimum atomic E-state index is 0.0592. The van der Waals surface area contributed by atoms with Crippen molar-refractivity contribution in [3.05, 3.63) is 59.7 Å². The van der Waals surface area contributed by atoms with Gasteiger partial charge in [0.15, 0.2) is 0 Å². The van der Waals surface area contributed by atoms with Crippen LogP contribution in [0.2, 0.25) is 0 Å². The maximum Gasteiger partial charge on any atom is 0.231 e. The Morgan fingerprint density at radius 1 is 0.966 bits per heavy atom. The van der Waals surface area contributed by atoms with Crippen LogP contribution in [0.25, 0.3) is 0 Å². The topological polar surface area (TPSA) is 61.4 Å². The van der Waals surface area contributed by atoms with E-state index in [0.29, 0.717) is 18.5 Å². The molecule has 2 amide bonds. The third-order valence-electron chi connectivity index (χ3n) is 6.00. The van der Waals surface area contributed by atoms with Gasteiger partial charge in [-0.1, -0.05) is 30.3 Å². The molecule has 0 radical (unpaired) electrons. The zero-order valence-electron chi connectivity index (χ0n) is 17.0. The van der Waals surface area contributed by atoms with E-state index in [1.165, 1.54) is 5.56 Å². The molecule has 1 fully saturated rings. The molecule has 4 rings (SSSR count). The molecule has 2 aliphatic rings. The van der Waals surface area contributed by atoms with E-state index in [4.69, 9.17) is 0 Å². The Hall–Kier alpha value is -2.82. The molecule has 1 aliphatic heterocycles. The first kappa shape index (κ1) is 19.5. The summed E-state index contributed by atoms with van der Waals surface area (Å²) in [5.74, 6) is 0.218. The van der Waals surface area contributed by atoms with Crippen molar-refractivity contribution < 1.29 is 9.59 Å². The number of fused-ring (bicyclic) bond motifs is 1. The Balaban J connectivity index is 1.29. The van der Waals surface area contributed by atoms with E-state index in [0.717, 1.165) is 55.6 Å². The third-order valence-corrected chi connectivity index (χ3v) is 6.00. The van der Waals surface area contributed by atoms with Gasteiger partial charge in [0.25, 0.3) is 0 Å². The van der Waals surface area contributed by atoms with Crippen LogP contribution in [-0.4, -0.2) is 30.4 Å². The Morgan fingerprint density at radius 3 is 2.38 bits per heavy atom. The summed E-state index contributed by atoms with van der Waals surface area (Å²) in [6.07, 6.45) is 5.51.